The van der Waals surface area contributed by atoms with Crippen molar-refractivity contribution in [2.75, 3.05) is 7.11 Å². The lowest BCUT2D eigenvalue weighted by molar-refractivity contribution is 0.0467. The predicted octanol–water partition coefficient (Wildman–Crippen LogP) is 4.32. The minimum Gasteiger partial charge on any atom is -0.497 e. The molecule has 0 N–H and O–H groups in total. The molecule has 1 aromatic carbocycles. The molecule has 0 atom stereocenters. The minimum absolute atomic E-state index is 0.127. The molecule has 30 heavy (non-hydrogen) atoms. The average Bonchev–Trinajstić information content (AvgIpc) is 3.45. The first-order chi connectivity index (χ1) is 14.5. The van der Waals surface area contributed by atoms with Gasteiger partial charge in [-0.05, 0) is 44.2 Å². The van der Waals surface area contributed by atoms with Gasteiger partial charge in [-0.15, -0.1) is 11.3 Å². The molecule has 7 nitrogen and oxygen atoms in total. The Hall–Kier alpha value is -3.39. The number of esters is 1. The lowest BCUT2D eigenvalue weighted by atomic mass is 10.2. The van der Waals surface area contributed by atoms with Crippen molar-refractivity contribution >= 4 is 17.3 Å². The summed E-state index contributed by atoms with van der Waals surface area (Å²) in [6.45, 7) is 4.01. The lowest BCUT2D eigenvalue weighted by Gasteiger charge is -2.10. The Bertz CT molecular complexity index is 1190. The number of ether oxygens (including phenoxy) is 2. The summed E-state index contributed by atoms with van der Waals surface area (Å²) in [4.78, 5) is 17.3. The molecule has 4 rings (SSSR count). The van der Waals surface area contributed by atoms with Crippen molar-refractivity contribution in [3.05, 3.63) is 70.8 Å². The van der Waals surface area contributed by atoms with Gasteiger partial charge in [0.1, 0.15) is 17.4 Å². The Morgan fingerprint density at radius 2 is 1.97 bits per heavy atom. The summed E-state index contributed by atoms with van der Waals surface area (Å²) in [7, 11) is 3.50. The highest BCUT2D eigenvalue weighted by Crippen LogP contribution is 2.25. The van der Waals surface area contributed by atoms with Crippen molar-refractivity contribution in [2.24, 2.45) is 7.05 Å². The maximum absolute atomic E-state index is 12.7. The first-order valence-corrected chi connectivity index (χ1v) is 10.3. The molecule has 4 aromatic rings. The molecule has 3 heterocycles. The van der Waals surface area contributed by atoms with E-state index in [-0.39, 0.29) is 12.6 Å². The molecule has 8 heteroatoms. The van der Waals surface area contributed by atoms with E-state index >= 15 is 0 Å². The Morgan fingerprint density at radius 1 is 1.20 bits per heavy atom. The molecule has 0 aliphatic rings. The molecule has 154 valence electrons. The first-order valence-electron chi connectivity index (χ1n) is 9.40. The Kier molecular flexibility index (Phi) is 5.41. The molecular formula is C22H22N4O3S. The Morgan fingerprint density at radius 3 is 2.63 bits per heavy atom. The molecule has 0 unspecified atom stereocenters. The van der Waals surface area contributed by atoms with E-state index in [2.05, 4.69) is 10.1 Å². The van der Waals surface area contributed by atoms with Gasteiger partial charge in [0.2, 0.25) is 0 Å². The molecule has 0 aliphatic heterocycles. The van der Waals surface area contributed by atoms with E-state index in [4.69, 9.17) is 9.47 Å². The summed E-state index contributed by atoms with van der Waals surface area (Å²) in [5, 5.41) is 6.91. The number of carbonyl (C=O) groups excluding carboxylic acids is 1. The van der Waals surface area contributed by atoms with Crippen LogP contribution in [-0.4, -0.2) is 32.4 Å². The molecule has 0 saturated carbocycles. The van der Waals surface area contributed by atoms with Crippen LogP contribution in [0.4, 0.5) is 0 Å². The Balaban J connectivity index is 1.48. The van der Waals surface area contributed by atoms with Crippen LogP contribution < -0.4 is 4.74 Å². The van der Waals surface area contributed by atoms with E-state index in [1.165, 1.54) is 11.3 Å². The van der Waals surface area contributed by atoms with Crippen molar-refractivity contribution in [3.8, 4) is 22.0 Å². The molecule has 0 fully saturated rings. The number of methoxy groups -OCH3 is 1. The number of aryl methyl sites for hydroxylation is 2. The smallest absolute Gasteiger partial charge is 0.340 e. The van der Waals surface area contributed by atoms with Gasteiger partial charge >= 0.3 is 5.97 Å². The van der Waals surface area contributed by atoms with Gasteiger partial charge in [-0.2, -0.15) is 5.10 Å². The first kappa shape index (κ1) is 19.9. The summed E-state index contributed by atoms with van der Waals surface area (Å²) in [5.74, 6) is 0.425. The van der Waals surface area contributed by atoms with E-state index in [1.807, 2.05) is 67.4 Å². The zero-order valence-electron chi connectivity index (χ0n) is 17.2. The Labute approximate surface area is 178 Å². The molecule has 0 amide bonds. The van der Waals surface area contributed by atoms with Crippen molar-refractivity contribution in [1.82, 2.24) is 19.3 Å². The van der Waals surface area contributed by atoms with Gasteiger partial charge in [0.25, 0.3) is 0 Å². The normalized spacial score (nSPS) is 10.9. The van der Waals surface area contributed by atoms with E-state index in [0.717, 1.165) is 39.1 Å². The molecular weight excluding hydrogens is 400 g/mol. The van der Waals surface area contributed by atoms with E-state index in [9.17, 15) is 4.79 Å². The molecule has 0 radical (unpaired) electrons. The summed E-state index contributed by atoms with van der Waals surface area (Å²) < 4.78 is 14.5. The zero-order chi connectivity index (χ0) is 21.3. The summed E-state index contributed by atoms with van der Waals surface area (Å²) >= 11 is 1.50. The number of aromatic nitrogens is 4. The average molecular weight is 423 g/mol. The standard InChI is InChI=1S/C22H22N4O3S/c1-14-9-20(15(2)26(14)18-5-7-19(28-4)8-6-18)22(27)29-12-17-13-30-21(24-17)16-10-23-25(3)11-16/h5-11,13H,12H2,1-4H3. The highest BCUT2D eigenvalue weighted by Gasteiger charge is 2.18. The van der Waals surface area contributed by atoms with Crippen molar-refractivity contribution in [1.29, 1.82) is 0 Å². The highest BCUT2D eigenvalue weighted by atomic mass is 32.1. The highest BCUT2D eigenvalue weighted by molar-refractivity contribution is 7.13. The summed E-state index contributed by atoms with van der Waals surface area (Å²) in [5.41, 5.74) is 4.96. The van der Waals surface area contributed by atoms with Gasteiger partial charge in [-0.1, -0.05) is 0 Å². The molecule has 0 aliphatic carbocycles. The fourth-order valence-corrected chi connectivity index (χ4v) is 4.13. The second kappa shape index (κ2) is 8.16. The van der Waals surface area contributed by atoms with Gasteiger partial charge in [-0.25, -0.2) is 9.78 Å². The SMILES string of the molecule is COc1ccc(-n2c(C)cc(C(=O)OCc3csc(-c4cnn(C)c4)n3)c2C)cc1. The van der Waals surface area contributed by atoms with Crippen LogP contribution in [0, 0.1) is 13.8 Å². The van der Waals surface area contributed by atoms with Gasteiger partial charge in [-0.3, -0.25) is 4.68 Å². The summed E-state index contributed by atoms with van der Waals surface area (Å²) in [6, 6.07) is 9.57. The molecule has 0 spiro atoms. The maximum Gasteiger partial charge on any atom is 0.340 e. The number of thiazole rings is 1. The fraction of sp³-hybridized carbons (Fsp3) is 0.227. The van der Waals surface area contributed by atoms with Crippen LogP contribution in [0.25, 0.3) is 16.3 Å². The quantitative estimate of drug-likeness (QED) is 0.433. The van der Waals surface area contributed by atoms with Crippen LogP contribution >= 0.6 is 11.3 Å². The monoisotopic (exact) mass is 422 g/mol. The summed E-state index contributed by atoms with van der Waals surface area (Å²) in [6.07, 6.45) is 3.67. The number of benzene rings is 1. The zero-order valence-corrected chi connectivity index (χ0v) is 18.1. The van der Waals surface area contributed by atoms with Crippen LogP contribution in [0.2, 0.25) is 0 Å². The van der Waals surface area contributed by atoms with Crippen molar-refractivity contribution < 1.29 is 14.3 Å². The van der Waals surface area contributed by atoms with E-state index in [1.54, 1.807) is 18.0 Å². The second-order valence-electron chi connectivity index (χ2n) is 6.94. The van der Waals surface area contributed by atoms with Crippen LogP contribution in [0.3, 0.4) is 0 Å². The number of nitrogens with zero attached hydrogens (tertiary/aromatic N) is 4. The fourth-order valence-electron chi connectivity index (χ4n) is 3.35. The maximum atomic E-state index is 12.7. The third-order valence-electron chi connectivity index (χ3n) is 4.84. The molecule has 0 saturated heterocycles. The lowest BCUT2D eigenvalue weighted by Crippen LogP contribution is -2.07. The van der Waals surface area contributed by atoms with Gasteiger partial charge in [0.15, 0.2) is 0 Å². The molecule has 3 aromatic heterocycles. The van der Waals surface area contributed by atoms with Crippen molar-refractivity contribution in [2.45, 2.75) is 20.5 Å². The third-order valence-corrected chi connectivity index (χ3v) is 5.78. The number of hydrogen-bond donors (Lipinski definition) is 0. The largest absolute Gasteiger partial charge is 0.497 e. The third kappa shape index (κ3) is 3.86. The van der Waals surface area contributed by atoms with Crippen LogP contribution in [0.15, 0.2) is 48.1 Å². The number of carbonyl (C=O) groups is 1. The van der Waals surface area contributed by atoms with E-state index in [0.29, 0.717) is 5.56 Å². The van der Waals surface area contributed by atoms with Crippen LogP contribution in [0.5, 0.6) is 5.75 Å². The predicted molar refractivity (Wildman–Crippen MR) is 115 cm³/mol. The topological polar surface area (TPSA) is 71.2 Å². The van der Waals surface area contributed by atoms with Gasteiger partial charge in [0.05, 0.1) is 24.6 Å². The van der Waals surface area contributed by atoms with Crippen LogP contribution in [-0.2, 0) is 18.4 Å². The van der Waals surface area contributed by atoms with Gasteiger partial charge in [0, 0.05) is 41.3 Å². The van der Waals surface area contributed by atoms with E-state index < -0.39 is 0 Å². The van der Waals surface area contributed by atoms with Crippen molar-refractivity contribution in [3.63, 3.8) is 0 Å². The number of rotatable bonds is 6. The number of hydrogen-bond acceptors (Lipinski definition) is 6. The molecule has 0 bridgehead atoms. The van der Waals surface area contributed by atoms with Gasteiger partial charge < -0.3 is 14.0 Å². The second-order valence-corrected chi connectivity index (χ2v) is 7.80. The minimum atomic E-state index is -0.362. The van der Waals surface area contributed by atoms with Crippen LogP contribution in [0.1, 0.15) is 27.4 Å².